The Labute approximate surface area is 66.1 Å². The molecule has 0 saturated heterocycles. The van der Waals surface area contributed by atoms with Gasteiger partial charge in [-0.2, -0.15) is 0 Å². The van der Waals surface area contributed by atoms with E-state index in [0.29, 0.717) is 0 Å². The van der Waals surface area contributed by atoms with Gasteiger partial charge in [-0.25, -0.2) is 18.2 Å². The van der Waals surface area contributed by atoms with Crippen LogP contribution in [0.4, 0.5) is 0 Å². The average molecular weight is 182 g/mol. The highest BCUT2D eigenvalue weighted by molar-refractivity contribution is 7.89. The molecule has 0 saturated carbocycles. The Morgan fingerprint density at radius 1 is 1.36 bits per heavy atom. The van der Waals surface area contributed by atoms with Gasteiger partial charge < -0.3 is 5.11 Å². The lowest BCUT2D eigenvalue weighted by molar-refractivity contribution is 0.194. The summed E-state index contributed by atoms with van der Waals surface area (Å²) < 4.78 is 23.7. The van der Waals surface area contributed by atoms with Crippen molar-refractivity contribution in [2.24, 2.45) is 0 Å². The monoisotopic (exact) mass is 182 g/mol. The molecule has 0 aromatic heterocycles. The molecule has 0 aliphatic rings. The number of aliphatic hydroxyl groups is 1. The van der Waals surface area contributed by atoms with Crippen molar-refractivity contribution >= 4 is 10.0 Å². The summed E-state index contributed by atoms with van der Waals surface area (Å²) in [6.07, 6.45) is 0.112. The maximum Gasteiger partial charge on any atom is 0.211 e. The van der Waals surface area contributed by atoms with Crippen LogP contribution in [-0.4, -0.2) is 39.0 Å². The molecular formula is C5H12NO4S. The zero-order valence-corrected chi connectivity index (χ0v) is 6.93. The van der Waals surface area contributed by atoms with Crippen LogP contribution in [0.15, 0.2) is 0 Å². The molecule has 0 amide bonds. The quantitative estimate of drug-likeness (QED) is 0.536. The van der Waals surface area contributed by atoms with Crippen LogP contribution in [0.25, 0.3) is 0 Å². The van der Waals surface area contributed by atoms with Gasteiger partial charge in [-0.05, 0) is 6.42 Å². The van der Waals surface area contributed by atoms with Crippen molar-refractivity contribution in [1.82, 2.24) is 4.72 Å². The van der Waals surface area contributed by atoms with Gasteiger partial charge in [-0.3, -0.25) is 0 Å². The number of hydrogen-bond donors (Lipinski definition) is 2. The second kappa shape index (κ2) is 5.48. The van der Waals surface area contributed by atoms with E-state index in [4.69, 9.17) is 5.11 Å². The molecule has 0 aliphatic heterocycles. The lowest BCUT2D eigenvalue weighted by atomic mass is 10.5. The highest BCUT2D eigenvalue weighted by Crippen LogP contribution is 1.87. The Hall–Kier alpha value is -0.170. The Kier molecular flexibility index (Phi) is 5.39. The molecule has 0 fully saturated rings. The van der Waals surface area contributed by atoms with Gasteiger partial charge in [-0.1, -0.05) is 0 Å². The minimum Gasteiger partial charge on any atom is -0.395 e. The summed E-state index contributed by atoms with van der Waals surface area (Å²) in [5.41, 5.74) is 0. The Morgan fingerprint density at radius 2 is 2.00 bits per heavy atom. The zero-order valence-electron chi connectivity index (χ0n) is 6.12. The minimum atomic E-state index is -3.32. The highest BCUT2D eigenvalue weighted by atomic mass is 32.2. The number of aliphatic hydroxyl groups excluding tert-OH is 1. The van der Waals surface area contributed by atoms with E-state index in [-0.39, 0.29) is 31.9 Å². The van der Waals surface area contributed by atoms with E-state index in [1.165, 1.54) is 0 Å². The summed E-state index contributed by atoms with van der Waals surface area (Å²) >= 11 is 0. The van der Waals surface area contributed by atoms with E-state index in [1.807, 2.05) is 0 Å². The molecule has 1 radical (unpaired) electrons. The summed E-state index contributed by atoms with van der Waals surface area (Å²) in [6, 6.07) is 0. The predicted molar refractivity (Wildman–Crippen MR) is 39.0 cm³/mol. The smallest absolute Gasteiger partial charge is 0.211 e. The third-order valence-corrected chi connectivity index (χ3v) is 2.46. The maximum absolute atomic E-state index is 10.8. The van der Waals surface area contributed by atoms with E-state index in [9.17, 15) is 13.5 Å². The lowest BCUT2D eigenvalue weighted by Crippen LogP contribution is -2.29. The topological polar surface area (TPSA) is 86.3 Å². The van der Waals surface area contributed by atoms with Crippen molar-refractivity contribution in [3.63, 3.8) is 0 Å². The molecule has 0 heterocycles. The summed E-state index contributed by atoms with van der Waals surface area (Å²) in [5.74, 6) is -0.156. The summed E-state index contributed by atoms with van der Waals surface area (Å²) in [4.78, 5) is 0. The van der Waals surface area contributed by atoms with E-state index >= 15 is 0 Å². The maximum atomic E-state index is 10.8. The fourth-order valence-corrected chi connectivity index (χ4v) is 1.57. The van der Waals surface area contributed by atoms with E-state index in [1.54, 1.807) is 0 Å². The number of nitrogens with one attached hydrogen (secondary N) is 1. The third kappa shape index (κ3) is 6.24. The Bertz CT molecular complexity index is 163. The standard InChI is InChI=1S/C5H12NO4S/c7-3-1-5-11(9,10)6-2-4-8/h6,8H,1-5H2. The fraction of sp³-hybridized carbons (Fsp3) is 1.00. The van der Waals surface area contributed by atoms with Crippen molar-refractivity contribution in [2.45, 2.75) is 6.42 Å². The molecule has 2 N–H and O–H groups in total. The van der Waals surface area contributed by atoms with Crippen LogP contribution in [0.2, 0.25) is 0 Å². The van der Waals surface area contributed by atoms with Gasteiger partial charge >= 0.3 is 0 Å². The lowest BCUT2D eigenvalue weighted by Gasteiger charge is -2.02. The second-order valence-corrected chi connectivity index (χ2v) is 3.92. The molecule has 0 unspecified atom stereocenters. The van der Waals surface area contributed by atoms with Gasteiger partial charge in [0.05, 0.1) is 19.0 Å². The summed E-state index contributed by atoms with van der Waals surface area (Å²) in [7, 11) is -3.32. The molecule has 0 bridgehead atoms. The van der Waals surface area contributed by atoms with E-state index in [2.05, 4.69) is 4.72 Å². The molecule has 0 aliphatic carbocycles. The molecule has 0 rings (SSSR count). The zero-order chi connectivity index (χ0) is 8.74. The fourth-order valence-electron chi connectivity index (χ4n) is 0.522. The molecule has 0 atom stereocenters. The van der Waals surface area contributed by atoms with Crippen molar-refractivity contribution in [3.05, 3.63) is 0 Å². The van der Waals surface area contributed by atoms with Gasteiger partial charge in [0.2, 0.25) is 10.0 Å². The molecule has 11 heavy (non-hydrogen) atoms. The van der Waals surface area contributed by atoms with Crippen LogP contribution < -0.4 is 4.72 Å². The number of rotatable bonds is 6. The van der Waals surface area contributed by atoms with Crippen LogP contribution in [0.1, 0.15) is 6.42 Å². The van der Waals surface area contributed by atoms with Crippen molar-refractivity contribution < 1.29 is 18.6 Å². The van der Waals surface area contributed by atoms with E-state index in [0.717, 1.165) is 0 Å². The second-order valence-electron chi connectivity index (χ2n) is 1.99. The van der Waals surface area contributed by atoms with Gasteiger partial charge in [0.1, 0.15) is 0 Å². The van der Waals surface area contributed by atoms with Crippen LogP contribution in [-0.2, 0) is 15.1 Å². The first kappa shape index (κ1) is 10.8. The Morgan fingerprint density at radius 3 is 2.45 bits per heavy atom. The minimum absolute atomic E-state index is 0.0151. The number of hydrogen-bond acceptors (Lipinski definition) is 3. The van der Waals surface area contributed by atoms with Gasteiger partial charge in [0.25, 0.3) is 0 Å². The van der Waals surface area contributed by atoms with Gasteiger partial charge in [0.15, 0.2) is 0 Å². The molecular weight excluding hydrogens is 170 g/mol. The summed E-state index contributed by atoms with van der Waals surface area (Å²) in [6.45, 7) is -0.599. The van der Waals surface area contributed by atoms with Gasteiger partial charge in [-0.15, -0.1) is 0 Å². The van der Waals surface area contributed by atoms with Crippen LogP contribution in [0.3, 0.4) is 0 Å². The largest absolute Gasteiger partial charge is 0.395 e. The highest BCUT2D eigenvalue weighted by Gasteiger charge is 2.07. The van der Waals surface area contributed by atoms with Crippen molar-refractivity contribution in [1.29, 1.82) is 0 Å². The first-order chi connectivity index (χ1) is 5.12. The first-order valence-corrected chi connectivity index (χ1v) is 4.94. The van der Waals surface area contributed by atoms with Crippen LogP contribution in [0.5, 0.6) is 0 Å². The SMILES string of the molecule is [O]CCCS(=O)(=O)NCCO. The Balaban J connectivity index is 3.63. The molecule has 0 aromatic rings. The molecule has 0 aromatic carbocycles. The normalized spacial score (nSPS) is 11.8. The predicted octanol–water partition coefficient (Wildman–Crippen LogP) is -1.28. The number of sulfonamides is 1. The third-order valence-electron chi connectivity index (χ3n) is 0.991. The van der Waals surface area contributed by atoms with Crippen LogP contribution >= 0.6 is 0 Å². The summed E-state index contributed by atoms with van der Waals surface area (Å²) in [5, 5.41) is 18.2. The molecule has 5 nitrogen and oxygen atoms in total. The van der Waals surface area contributed by atoms with E-state index < -0.39 is 10.0 Å². The van der Waals surface area contributed by atoms with Crippen LogP contribution in [0, 0.1) is 0 Å². The van der Waals surface area contributed by atoms with Crippen molar-refractivity contribution in [3.8, 4) is 0 Å². The first-order valence-electron chi connectivity index (χ1n) is 3.28. The average Bonchev–Trinajstić information content (AvgIpc) is 1.97. The molecule has 67 valence electrons. The molecule has 0 spiro atoms. The van der Waals surface area contributed by atoms with Crippen molar-refractivity contribution in [2.75, 3.05) is 25.5 Å². The molecule has 6 heteroatoms. The van der Waals surface area contributed by atoms with Gasteiger partial charge in [0, 0.05) is 6.54 Å².